The largest absolute Gasteiger partial charge is 0.481 e. The summed E-state index contributed by atoms with van der Waals surface area (Å²) >= 11 is 0. The van der Waals surface area contributed by atoms with Crippen molar-refractivity contribution < 1.29 is 9.53 Å². The van der Waals surface area contributed by atoms with E-state index in [4.69, 9.17) is 4.74 Å². The van der Waals surface area contributed by atoms with Crippen LogP contribution in [0.1, 0.15) is 29.2 Å². The van der Waals surface area contributed by atoms with Gasteiger partial charge in [-0.3, -0.25) is 4.79 Å². The highest BCUT2D eigenvalue weighted by Gasteiger charge is 2.16. The van der Waals surface area contributed by atoms with Crippen molar-refractivity contribution >= 4 is 11.6 Å². The van der Waals surface area contributed by atoms with Crippen LogP contribution in [0.4, 0.5) is 5.69 Å². The first-order valence-electron chi connectivity index (χ1n) is 7.49. The quantitative estimate of drug-likeness (QED) is 0.912. The summed E-state index contributed by atoms with van der Waals surface area (Å²) in [7, 11) is 0. The SMILES string of the molecule is Cc1ccc(NC(=O)[C@@H](C)Oc2cccc(C)c2C)cc1C. The third kappa shape index (κ3) is 3.67. The third-order valence-electron chi connectivity index (χ3n) is 4.00. The molecular formula is C19H23NO2. The van der Waals surface area contributed by atoms with Crippen LogP contribution in [0.2, 0.25) is 0 Å². The van der Waals surface area contributed by atoms with Gasteiger partial charge in [-0.15, -0.1) is 0 Å². The van der Waals surface area contributed by atoms with Crippen molar-refractivity contribution in [2.75, 3.05) is 5.32 Å². The Balaban J connectivity index is 2.06. The highest BCUT2D eigenvalue weighted by Crippen LogP contribution is 2.22. The molecule has 0 saturated carbocycles. The van der Waals surface area contributed by atoms with Gasteiger partial charge in [-0.05, 0) is 75.1 Å². The van der Waals surface area contributed by atoms with Crippen molar-refractivity contribution in [1.29, 1.82) is 0 Å². The zero-order chi connectivity index (χ0) is 16.3. The summed E-state index contributed by atoms with van der Waals surface area (Å²) in [5.74, 6) is 0.604. The second kappa shape index (κ2) is 6.65. The van der Waals surface area contributed by atoms with Crippen molar-refractivity contribution in [1.82, 2.24) is 0 Å². The second-order valence-electron chi connectivity index (χ2n) is 5.75. The number of nitrogens with one attached hydrogen (secondary N) is 1. The van der Waals surface area contributed by atoms with Crippen LogP contribution in [0.15, 0.2) is 36.4 Å². The van der Waals surface area contributed by atoms with E-state index in [1.165, 1.54) is 5.56 Å². The van der Waals surface area contributed by atoms with E-state index in [9.17, 15) is 4.79 Å². The van der Waals surface area contributed by atoms with Crippen molar-refractivity contribution in [3.8, 4) is 5.75 Å². The molecular weight excluding hydrogens is 274 g/mol. The van der Waals surface area contributed by atoms with Gasteiger partial charge in [0.2, 0.25) is 0 Å². The van der Waals surface area contributed by atoms with E-state index < -0.39 is 6.10 Å². The molecule has 2 rings (SSSR count). The van der Waals surface area contributed by atoms with Gasteiger partial charge in [0.05, 0.1) is 0 Å². The Morgan fingerprint density at radius 3 is 2.41 bits per heavy atom. The van der Waals surface area contributed by atoms with Crippen LogP contribution in [0.5, 0.6) is 5.75 Å². The molecule has 116 valence electrons. The molecule has 2 aromatic carbocycles. The maximum Gasteiger partial charge on any atom is 0.265 e. The number of aryl methyl sites for hydroxylation is 3. The summed E-state index contributed by atoms with van der Waals surface area (Å²) in [6.45, 7) is 9.87. The lowest BCUT2D eigenvalue weighted by atomic mass is 10.1. The van der Waals surface area contributed by atoms with Gasteiger partial charge in [0, 0.05) is 5.69 Å². The van der Waals surface area contributed by atoms with Crippen LogP contribution >= 0.6 is 0 Å². The van der Waals surface area contributed by atoms with Gasteiger partial charge in [0.25, 0.3) is 5.91 Å². The van der Waals surface area contributed by atoms with E-state index in [0.29, 0.717) is 0 Å². The van der Waals surface area contributed by atoms with Gasteiger partial charge >= 0.3 is 0 Å². The smallest absolute Gasteiger partial charge is 0.265 e. The van der Waals surface area contributed by atoms with Crippen LogP contribution in [0.3, 0.4) is 0 Å². The predicted octanol–water partition coefficient (Wildman–Crippen LogP) is 4.33. The number of carbonyl (C=O) groups is 1. The van der Waals surface area contributed by atoms with E-state index in [0.717, 1.165) is 28.1 Å². The highest BCUT2D eigenvalue weighted by molar-refractivity contribution is 5.94. The molecule has 1 atom stereocenters. The number of benzene rings is 2. The van der Waals surface area contributed by atoms with Crippen LogP contribution in [-0.4, -0.2) is 12.0 Å². The minimum absolute atomic E-state index is 0.149. The molecule has 0 unspecified atom stereocenters. The Morgan fingerprint density at radius 2 is 1.73 bits per heavy atom. The molecule has 0 aliphatic carbocycles. The lowest BCUT2D eigenvalue weighted by Crippen LogP contribution is -2.30. The normalized spacial score (nSPS) is 11.9. The molecule has 0 spiro atoms. The average molecular weight is 297 g/mol. The van der Waals surface area contributed by atoms with Gasteiger partial charge in [-0.25, -0.2) is 0 Å². The Morgan fingerprint density at radius 1 is 1.00 bits per heavy atom. The molecule has 0 aliphatic heterocycles. The highest BCUT2D eigenvalue weighted by atomic mass is 16.5. The molecule has 1 amide bonds. The summed E-state index contributed by atoms with van der Waals surface area (Å²) in [4.78, 5) is 12.3. The number of anilines is 1. The Hall–Kier alpha value is -2.29. The number of hydrogen-bond donors (Lipinski definition) is 1. The molecule has 22 heavy (non-hydrogen) atoms. The van der Waals surface area contributed by atoms with E-state index in [-0.39, 0.29) is 5.91 Å². The van der Waals surface area contributed by atoms with Gasteiger partial charge in [0.1, 0.15) is 5.75 Å². The van der Waals surface area contributed by atoms with Crippen molar-refractivity contribution in [3.05, 3.63) is 58.7 Å². The summed E-state index contributed by atoms with van der Waals surface area (Å²) in [6, 6.07) is 11.7. The number of amides is 1. The zero-order valence-electron chi connectivity index (χ0n) is 13.9. The van der Waals surface area contributed by atoms with E-state index in [1.807, 2.05) is 64.1 Å². The first-order chi connectivity index (χ1) is 10.4. The average Bonchev–Trinajstić information content (AvgIpc) is 2.47. The van der Waals surface area contributed by atoms with E-state index >= 15 is 0 Å². The monoisotopic (exact) mass is 297 g/mol. The van der Waals surface area contributed by atoms with Crippen LogP contribution in [0, 0.1) is 27.7 Å². The minimum Gasteiger partial charge on any atom is -0.481 e. The molecule has 0 bridgehead atoms. The molecule has 0 saturated heterocycles. The molecule has 0 fully saturated rings. The number of rotatable bonds is 4. The first-order valence-corrected chi connectivity index (χ1v) is 7.49. The van der Waals surface area contributed by atoms with Crippen molar-refractivity contribution in [2.24, 2.45) is 0 Å². The summed E-state index contributed by atoms with van der Waals surface area (Å²) in [5.41, 5.74) is 5.37. The molecule has 3 heteroatoms. The van der Waals surface area contributed by atoms with Crippen LogP contribution in [-0.2, 0) is 4.79 Å². The number of carbonyl (C=O) groups excluding carboxylic acids is 1. The fourth-order valence-electron chi connectivity index (χ4n) is 2.16. The van der Waals surface area contributed by atoms with Gasteiger partial charge in [-0.2, -0.15) is 0 Å². The van der Waals surface area contributed by atoms with Crippen LogP contribution in [0.25, 0.3) is 0 Å². The molecule has 0 heterocycles. The van der Waals surface area contributed by atoms with Crippen molar-refractivity contribution in [2.45, 2.75) is 40.7 Å². The second-order valence-corrected chi connectivity index (χ2v) is 5.75. The maximum absolute atomic E-state index is 12.3. The Bertz CT molecular complexity index is 692. The van der Waals surface area contributed by atoms with Gasteiger partial charge in [-0.1, -0.05) is 18.2 Å². The number of hydrogen-bond acceptors (Lipinski definition) is 2. The summed E-state index contributed by atoms with van der Waals surface area (Å²) < 4.78 is 5.80. The molecule has 0 aliphatic rings. The third-order valence-corrected chi connectivity index (χ3v) is 4.00. The zero-order valence-corrected chi connectivity index (χ0v) is 13.9. The molecule has 0 aromatic heterocycles. The molecule has 3 nitrogen and oxygen atoms in total. The lowest BCUT2D eigenvalue weighted by Gasteiger charge is -2.17. The van der Waals surface area contributed by atoms with Crippen LogP contribution < -0.4 is 10.1 Å². The predicted molar refractivity (Wildman–Crippen MR) is 90.6 cm³/mol. The van der Waals surface area contributed by atoms with Gasteiger partial charge in [0.15, 0.2) is 6.10 Å². The number of ether oxygens (including phenoxy) is 1. The Labute approximate surface area is 132 Å². The summed E-state index contributed by atoms with van der Waals surface area (Å²) in [5, 5.41) is 2.90. The lowest BCUT2D eigenvalue weighted by molar-refractivity contribution is -0.122. The van der Waals surface area contributed by atoms with Crippen molar-refractivity contribution in [3.63, 3.8) is 0 Å². The van der Waals surface area contributed by atoms with E-state index in [2.05, 4.69) is 5.32 Å². The molecule has 2 aromatic rings. The van der Waals surface area contributed by atoms with E-state index in [1.54, 1.807) is 6.92 Å². The molecule has 0 radical (unpaired) electrons. The minimum atomic E-state index is -0.554. The first kappa shape index (κ1) is 16.1. The fraction of sp³-hybridized carbons (Fsp3) is 0.316. The topological polar surface area (TPSA) is 38.3 Å². The Kier molecular flexibility index (Phi) is 4.86. The summed E-state index contributed by atoms with van der Waals surface area (Å²) in [6.07, 6.45) is -0.554. The molecule has 1 N–H and O–H groups in total. The van der Waals surface area contributed by atoms with Gasteiger partial charge < -0.3 is 10.1 Å². The fourth-order valence-corrected chi connectivity index (χ4v) is 2.16. The standard InChI is InChI=1S/C19H23NO2/c1-12-9-10-17(11-14(12)3)20-19(21)16(5)22-18-8-6-7-13(2)15(18)4/h6-11,16H,1-5H3,(H,20,21)/t16-/m1/s1. The maximum atomic E-state index is 12.3.